The number of nitrogens with one attached hydrogen (secondary N) is 1. The molecule has 5 nitrogen and oxygen atoms in total. The Morgan fingerprint density at radius 3 is 2.76 bits per heavy atom. The molecule has 114 valence electrons. The van der Waals surface area contributed by atoms with Crippen LogP contribution in [0.2, 0.25) is 0 Å². The number of carbonyl (C=O) groups is 2. The fraction of sp³-hybridized carbons (Fsp3) is 0.500. The molecular formula is C16H23N3O2. The zero-order chi connectivity index (χ0) is 15.4. The first kappa shape index (κ1) is 15.5. The van der Waals surface area contributed by atoms with Gasteiger partial charge < -0.3 is 16.0 Å². The molecule has 1 saturated heterocycles. The van der Waals surface area contributed by atoms with E-state index in [1.165, 1.54) is 0 Å². The van der Waals surface area contributed by atoms with Gasteiger partial charge in [0, 0.05) is 30.4 Å². The van der Waals surface area contributed by atoms with Gasteiger partial charge in [-0.2, -0.15) is 0 Å². The van der Waals surface area contributed by atoms with Crippen molar-refractivity contribution in [3.63, 3.8) is 0 Å². The second-order valence-electron chi connectivity index (χ2n) is 5.69. The highest BCUT2D eigenvalue weighted by Crippen LogP contribution is 2.24. The van der Waals surface area contributed by atoms with Crippen molar-refractivity contribution in [2.45, 2.75) is 39.2 Å². The third kappa shape index (κ3) is 3.82. The van der Waals surface area contributed by atoms with Gasteiger partial charge in [0.05, 0.1) is 5.92 Å². The van der Waals surface area contributed by atoms with Crippen LogP contribution in [0.5, 0.6) is 0 Å². The zero-order valence-electron chi connectivity index (χ0n) is 12.6. The van der Waals surface area contributed by atoms with E-state index in [0.29, 0.717) is 12.1 Å². The van der Waals surface area contributed by atoms with Crippen molar-refractivity contribution in [2.75, 3.05) is 16.8 Å². The maximum Gasteiger partial charge on any atom is 0.228 e. The molecule has 2 amide bonds. The molecule has 1 aromatic carbocycles. The summed E-state index contributed by atoms with van der Waals surface area (Å²) in [5.74, 6) is -0.217. The summed E-state index contributed by atoms with van der Waals surface area (Å²) in [4.78, 5) is 25.8. The molecule has 2 unspecified atom stereocenters. The summed E-state index contributed by atoms with van der Waals surface area (Å²) in [6, 6.07) is 7.22. The van der Waals surface area contributed by atoms with Gasteiger partial charge in [-0.05, 0) is 38.0 Å². The van der Waals surface area contributed by atoms with E-state index in [4.69, 9.17) is 5.73 Å². The summed E-state index contributed by atoms with van der Waals surface area (Å²) in [5.41, 5.74) is 7.28. The lowest BCUT2D eigenvalue weighted by atomic mass is 10.0. The largest absolute Gasteiger partial charge is 0.327 e. The van der Waals surface area contributed by atoms with E-state index in [9.17, 15) is 9.59 Å². The number of amides is 2. The van der Waals surface area contributed by atoms with E-state index in [1.54, 1.807) is 11.8 Å². The monoisotopic (exact) mass is 289 g/mol. The molecule has 0 spiro atoms. The van der Waals surface area contributed by atoms with Crippen LogP contribution in [0, 0.1) is 5.92 Å². The summed E-state index contributed by atoms with van der Waals surface area (Å²) in [6.07, 6.45) is 2.57. The quantitative estimate of drug-likeness (QED) is 0.891. The lowest BCUT2D eigenvalue weighted by molar-refractivity contribution is -0.120. The number of hydrogen-bond donors (Lipinski definition) is 2. The molecule has 0 aliphatic carbocycles. The maximum atomic E-state index is 12.0. The molecule has 21 heavy (non-hydrogen) atoms. The van der Waals surface area contributed by atoms with Crippen LogP contribution in [0.25, 0.3) is 0 Å². The van der Waals surface area contributed by atoms with E-state index in [2.05, 4.69) is 5.32 Å². The molecule has 0 radical (unpaired) electrons. The summed E-state index contributed by atoms with van der Waals surface area (Å²) in [6.45, 7) is 4.36. The summed E-state index contributed by atoms with van der Waals surface area (Å²) in [5, 5.41) is 2.86. The topological polar surface area (TPSA) is 75.4 Å². The molecule has 1 fully saturated rings. The maximum absolute atomic E-state index is 12.0. The molecule has 2 rings (SSSR count). The average Bonchev–Trinajstić information content (AvgIpc) is 2.47. The molecule has 2 atom stereocenters. The Hall–Kier alpha value is -1.88. The Bertz CT molecular complexity index is 528. The highest BCUT2D eigenvalue weighted by atomic mass is 16.2. The van der Waals surface area contributed by atoms with Crippen LogP contribution in [0.1, 0.15) is 33.1 Å². The third-order valence-corrected chi connectivity index (χ3v) is 3.95. The fourth-order valence-electron chi connectivity index (χ4n) is 2.33. The number of hydrogen-bond acceptors (Lipinski definition) is 3. The summed E-state index contributed by atoms with van der Waals surface area (Å²) < 4.78 is 0. The first-order valence-electron chi connectivity index (χ1n) is 7.46. The molecule has 1 aliphatic rings. The van der Waals surface area contributed by atoms with Crippen molar-refractivity contribution in [3.05, 3.63) is 24.3 Å². The van der Waals surface area contributed by atoms with Crippen molar-refractivity contribution in [3.8, 4) is 0 Å². The Labute approximate surface area is 125 Å². The fourth-order valence-corrected chi connectivity index (χ4v) is 2.33. The van der Waals surface area contributed by atoms with Gasteiger partial charge in [0.15, 0.2) is 0 Å². The number of nitrogens with two attached hydrogens (primary N) is 1. The lowest BCUT2D eigenvalue weighted by Crippen LogP contribution is -2.35. The van der Waals surface area contributed by atoms with Crippen LogP contribution in [0.4, 0.5) is 11.4 Å². The smallest absolute Gasteiger partial charge is 0.228 e. The van der Waals surface area contributed by atoms with Crippen molar-refractivity contribution in [2.24, 2.45) is 11.7 Å². The number of anilines is 2. The van der Waals surface area contributed by atoms with E-state index in [-0.39, 0.29) is 23.8 Å². The van der Waals surface area contributed by atoms with Gasteiger partial charge in [0.2, 0.25) is 11.8 Å². The highest BCUT2D eigenvalue weighted by Gasteiger charge is 2.21. The van der Waals surface area contributed by atoms with Crippen LogP contribution < -0.4 is 16.0 Å². The van der Waals surface area contributed by atoms with E-state index in [0.717, 1.165) is 25.1 Å². The first-order chi connectivity index (χ1) is 9.99. The average molecular weight is 289 g/mol. The number of piperidine rings is 1. The normalized spacial score (nSPS) is 18.2. The van der Waals surface area contributed by atoms with Crippen molar-refractivity contribution < 1.29 is 9.59 Å². The van der Waals surface area contributed by atoms with Crippen molar-refractivity contribution in [1.82, 2.24) is 0 Å². The molecule has 1 heterocycles. The predicted octanol–water partition coefficient (Wildman–Crippen LogP) is 2.13. The number of nitrogens with zero attached hydrogens (tertiary/aromatic N) is 1. The molecule has 0 saturated carbocycles. The molecule has 3 N–H and O–H groups in total. The molecule has 1 aromatic rings. The van der Waals surface area contributed by atoms with Gasteiger partial charge in [0.25, 0.3) is 0 Å². The van der Waals surface area contributed by atoms with Gasteiger partial charge in [0.1, 0.15) is 0 Å². The van der Waals surface area contributed by atoms with Gasteiger partial charge in [-0.25, -0.2) is 0 Å². The standard InChI is InChI=1S/C16H23N3O2/c1-11(12(2)17)16(21)18-13-6-5-7-14(10-13)19-9-4-3-8-15(19)20/h5-7,10-12H,3-4,8-9,17H2,1-2H3,(H,18,21). The Kier molecular flexibility index (Phi) is 4.96. The summed E-state index contributed by atoms with van der Waals surface area (Å²) >= 11 is 0. The number of carbonyl (C=O) groups excluding carboxylic acids is 2. The first-order valence-corrected chi connectivity index (χ1v) is 7.46. The van der Waals surface area contributed by atoms with Gasteiger partial charge in [-0.1, -0.05) is 13.0 Å². The number of rotatable bonds is 4. The SMILES string of the molecule is CC(N)C(C)C(=O)Nc1cccc(N2CCCCC2=O)c1. The van der Waals surface area contributed by atoms with E-state index in [1.807, 2.05) is 31.2 Å². The van der Waals surface area contributed by atoms with Crippen LogP contribution >= 0.6 is 0 Å². The van der Waals surface area contributed by atoms with Crippen LogP contribution in [0.15, 0.2) is 24.3 Å². The highest BCUT2D eigenvalue weighted by molar-refractivity contribution is 5.96. The second kappa shape index (κ2) is 6.72. The lowest BCUT2D eigenvalue weighted by Gasteiger charge is -2.27. The minimum atomic E-state index is -0.259. The molecule has 1 aliphatic heterocycles. The molecular weight excluding hydrogens is 266 g/mol. The van der Waals surface area contributed by atoms with Crippen molar-refractivity contribution in [1.29, 1.82) is 0 Å². The minimum Gasteiger partial charge on any atom is -0.327 e. The van der Waals surface area contributed by atoms with Crippen LogP contribution in [-0.2, 0) is 9.59 Å². The number of benzene rings is 1. The Balaban J connectivity index is 2.10. The van der Waals surface area contributed by atoms with Gasteiger partial charge >= 0.3 is 0 Å². The summed E-state index contributed by atoms with van der Waals surface area (Å²) in [7, 11) is 0. The molecule has 5 heteroatoms. The third-order valence-electron chi connectivity index (χ3n) is 3.95. The van der Waals surface area contributed by atoms with E-state index < -0.39 is 0 Å². The Morgan fingerprint density at radius 2 is 2.10 bits per heavy atom. The Morgan fingerprint density at radius 1 is 1.33 bits per heavy atom. The van der Waals surface area contributed by atoms with Gasteiger partial charge in [-0.3, -0.25) is 9.59 Å². The second-order valence-corrected chi connectivity index (χ2v) is 5.69. The zero-order valence-corrected chi connectivity index (χ0v) is 12.6. The van der Waals surface area contributed by atoms with Crippen LogP contribution in [0.3, 0.4) is 0 Å². The van der Waals surface area contributed by atoms with E-state index >= 15 is 0 Å². The van der Waals surface area contributed by atoms with Crippen molar-refractivity contribution >= 4 is 23.2 Å². The van der Waals surface area contributed by atoms with Gasteiger partial charge in [-0.15, -0.1) is 0 Å². The molecule has 0 bridgehead atoms. The van der Waals surface area contributed by atoms with Crippen LogP contribution in [-0.4, -0.2) is 24.4 Å². The minimum absolute atomic E-state index is 0.105. The predicted molar refractivity (Wildman–Crippen MR) is 84.1 cm³/mol. The molecule has 0 aromatic heterocycles.